The van der Waals surface area contributed by atoms with E-state index in [1.54, 1.807) is 12.1 Å². The van der Waals surface area contributed by atoms with Crippen LogP contribution < -0.4 is 10.1 Å². The van der Waals surface area contributed by atoms with Crippen LogP contribution in [-0.4, -0.2) is 19.2 Å². The number of hydrogen-bond acceptors (Lipinski definition) is 2. The van der Waals surface area contributed by atoms with Gasteiger partial charge in [-0.25, -0.2) is 4.39 Å². The normalized spacial score (nSPS) is 20.8. The van der Waals surface area contributed by atoms with Crippen molar-refractivity contribution in [2.24, 2.45) is 11.8 Å². The van der Waals surface area contributed by atoms with Gasteiger partial charge in [0.15, 0.2) is 11.6 Å². The molecule has 0 saturated carbocycles. The van der Waals surface area contributed by atoms with Crippen molar-refractivity contribution >= 4 is 11.6 Å². The number of halogens is 2. The van der Waals surface area contributed by atoms with Crippen LogP contribution in [0, 0.1) is 17.7 Å². The molecule has 19 heavy (non-hydrogen) atoms. The number of nitrogens with one attached hydrogen (secondary N) is 1. The van der Waals surface area contributed by atoms with Gasteiger partial charge in [0, 0.05) is 17.5 Å². The van der Waals surface area contributed by atoms with Crippen molar-refractivity contribution in [3.8, 4) is 5.75 Å². The predicted molar refractivity (Wildman–Crippen MR) is 76.3 cm³/mol. The molecule has 0 radical (unpaired) electrons. The first-order valence-electron chi connectivity index (χ1n) is 6.88. The van der Waals surface area contributed by atoms with Crippen LogP contribution in [0.1, 0.15) is 26.7 Å². The standard InChI is InChI=1S/C15H21ClFNO/c1-10(2)7-15(11-5-6-18-9-11)19-14-4-3-12(16)8-13(14)17/h3-4,8,10-11,15,18H,5-7,9H2,1-2H3. The maximum atomic E-state index is 13.8. The Balaban J connectivity index is 2.09. The Hall–Kier alpha value is -0.800. The zero-order valence-corrected chi connectivity index (χ0v) is 12.2. The minimum atomic E-state index is -0.382. The van der Waals surface area contributed by atoms with Crippen molar-refractivity contribution in [2.75, 3.05) is 13.1 Å². The lowest BCUT2D eigenvalue weighted by atomic mass is 9.93. The fourth-order valence-electron chi connectivity index (χ4n) is 2.53. The lowest BCUT2D eigenvalue weighted by Gasteiger charge is -2.26. The Morgan fingerprint density at radius 3 is 2.84 bits per heavy atom. The molecule has 2 atom stereocenters. The fourth-order valence-corrected chi connectivity index (χ4v) is 2.69. The van der Waals surface area contributed by atoms with E-state index in [4.69, 9.17) is 16.3 Å². The third kappa shape index (κ3) is 4.08. The molecule has 0 spiro atoms. The molecule has 1 N–H and O–H groups in total. The van der Waals surface area contributed by atoms with Crippen LogP contribution in [-0.2, 0) is 0 Å². The van der Waals surface area contributed by atoms with Gasteiger partial charge in [-0.1, -0.05) is 25.4 Å². The van der Waals surface area contributed by atoms with Crippen LogP contribution in [0.4, 0.5) is 4.39 Å². The fraction of sp³-hybridized carbons (Fsp3) is 0.600. The Labute approximate surface area is 119 Å². The first-order chi connectivity index (χ1) is 9.06. The van der Waals surface area contributed by atoms with Gasteiger partial charge in [-0.3, -0.25) is 0 Å². The Kier molecular flexibility index (Phi) is 5.06. The molecule has 1 aromatic carbocycles. The van der Waals surface area contributed by atoms with E-state index in [2.05, 4.69) is 19.2 Å². The van der Waals surface area contributed by atoms with E-state index in [0.717, 1.165) is 25.9 Å². The third-order valence-corrected chi connectivity index (χ3v) is 3.74. The van der Waals surface area contributed by atoms with E-state index in [1.165, 1.54) is 6.07 Å². The highest BCUT2D eigenvalue weighted by molar-refractivity contribution is 6.30. The lowest BCUT2D eigenvalue weighted by molar-refractivity contribution is 0.114. The minimum absolute atomic E-state index is 0.0608. The van der Waals surface area contributed by atoms with Gasteiger partial charge in [-0.2, -0.15) is 0 Å². The summed E-state index contributed by atoms with van der Waals surface area (Å²) in [5.74, 6) is 0.910. The number of benzene rings is 1. The van der Waals surface area contributed by atoms with Crippen molar-refractivity contribution in [2.45, 2.75) is 32.8 Å². The first kappa shape index (κ1) is 14.6. The van der Waals surface area contributed by atoms with E-state index in [0.29, 0.717) is 22.6 Å². The smallest absolute Gasteiger partial charge is 0.166 e. The average Bonchev–Trinajstić information content (AvgIpc) is 2.84. The van der Waals surface area contributed by atoms with Gasteiger partial charge in [-0.15, -0.1) is 0 Å². The summed E-state index contributed by atoms with van der Waals surface area (Å²) in [7, 11) is 0. The predicted octanol–water partition coefficient (Wildman–Crippen LogP) is 3.88. The molecule has 1 aliphatic heterocycles. The Morgan fingerprint density at radius 1 is 1.47 bits per heavy atom. The second kappa shape index (κ2) is 6.58. The number of ether oxygens (including phenoxy) is 1. The summed E-state index contributed by atoms with van der Waals surface area (Å²) in [5, 5.41) is 3.74. The van der Waals surface area contributed by atoms with Crippen LogP contribution in [0.2, 0.25) is 5.02 Å². The van der Waals surface area contributed by atoms with Crippen LogP contribution in [0.25, 0.3) is 0 Å². The summed E-state index contributed by atoms with van der Waals surface area (Å²) < 4.78 is 19.7. The molecule has 1 aromatic rings. The van der Waals surface area contributed by atoms with Crippen molar-refractivity contribution in [3.63, 3.8) is 0 Å². The third-order valence-electron chi connectivity index (χ3n) is 3.50. The number of rotatable bonds is 5. The molecule has 0 bridgehead atoms. The van der Waals surface area contributed by atoms with Crippen LogP contribution >= 0.6 is 11.6 Å². The van der Waals surface area contributed by atoms with Crippen molar-refractivity contribution in [3.05, 3.63) is 29.0 Å². The molecule has 2 unspecified atom stereocenters. The van der Waals surface area contributed by atoms with Gasteiger partial charge in [0.1, 0.15) is 6.10 Å². The van der Waals surface area contributed by atoms with Gasteiger partial charge < -0.3 is 10.1 Å². The highest BCUT2D eigenvalue weighted by Crippen LogP contribution is 2.28. The zero-order valence-electron chi connectivity index (χ0n) is 11.5. The number of hydrogen-bond donors (Lipinski definition) is 1. The molecule has 0 aromatic heterocycles. The highest BCUT2D eigenvalue weighted by atomic mass is 35.5. The highest BCUT2D eigenvalue weighted by Gasteiger charge is 2.27. The van der Waals surface area contributed by atoms with Crippen molar-refractivity contribution in [1.82, 2.24) is 5.32 Å². The van der Waals surface area contributed by atoms with E-state index in [9.17, 15) is 4.39 Å². The molecular formula is C15H21ClFNO. The summed E-state index contributed by atoms with van der Waals surface area (Å²) in [6.07, 6.45) is 2.09. The van der Waals surface area contributed by atoms with Crippen LogP contribution in [0.5, 0.6) is 5.75 Å². The molecule has 0 amide bonds. The largest absolute Gasteiger partial charge is 0.487 e. The topological polar surface area (TPSA) is 21.3 Å². The second-order valence-electron chi connectivity index (χ2n) is 5.61. The van der Waals surface area contributed by atoms with Crippen molar-refractivity contribution < 1.29 is 9.13 Å². The quantitative estimate of drug-likeness (QED) is 0.886. The molecule has 0 aliphatic carbocycles. The SMILES string of the molecule is CC(C)CC(Oc1ccc(Cl)cc1F)C1CCNC1. The monoisotopic (exact) mass is 285 g/mol. The maximum absolute atomic E-state index is 13.8. The molecule has 2 rings (SSSR count). The minimum Gasteiger partial charge on any atom is -0.487 e. The van der Waals surface area contributed by atoms with Crippen LogP contribution in [0.15, 0.2) is 18.2 Å². The molecule has 4 heteroatoms. The average molecular weight is 286 g/mol. The van der Waals surface area contributed by atoms with Gasteiger partial charge in [0.25, 0.3) is 0 Å². The Morgan fingerprint density at radius 2 is 2.26 bits per heavy atom. The Bertz CT molecular complexity index is 419. The van der Waals surface area contributed by atoms with Crippen LogP contribution in [0.3, 0.4) is 0 Å². The van der Waals surface area contributed by atoms with Gasteiger partial charge in [0.2, 0.25) is 0 Å². The van der Waals surface area contributed by atoms with Gasteiger partial charge >= 0.3 is 0 Å². The summed E-state index contributed by atoms with van der Waals surface area (Å²) in [5.41, 5.74) is 0. The zero-order chi connectivity index (χ0) is 13.8. The molecule has 1 aliphatic rings. The van der Waals surface area contributed by atoms with E-state index < -0.39 is 0 Å². The molecular weight excluding hydrogens is 265 g/mol. The second-order valence-corrected chi connectivity index (χ2v) is 6.05. The molecule has 2 nitrogen and oxygen atoms in total. The molecule has 1 fully saturated rings. The first-order valence-corrected chi connectivity index (χ1v) is 7.26. The summed E-state index contributed by atoms with van der Waals surface area (Å²) >= 11 is 5.76. The van der Waals surface area contributed by atoms with E-state index in [1.807, 2.05) is 0 Å². The lowest BCUT2D eigenvalue weighted by Crippen LogP contribution is -2.30. The molecule has 1 saturated heterocycles. The van der Waals surface area contributed by atoms with E-state index in [-0.39, 0.29) is 11.9 Å². The summed E-state index contributed by atoms with van der Waals surface area (Å²) in [6.45, 7) is 6.30. The maximum Gasteiger partial charge on any atom is 0.166 e. The van der Waals surface area contributed by atoms with Crippen molar-refractivity contribution in [1.29, 1.82) is 0 Å². The van der Waals surface area contributed by atoms with Gasteiger partial charge in [0.05, 0.1) is 0 Å². The van der Waals surface area contributed by atoms with Gasteiger partial charge in [-0.05, 0) is 43.5 Å². The van der Waals surface area contributed by atoms with E-state index >= 15 is 0 Å². The summed E-state index contributed by atoms with van der Waals surface area (Å²) in [4.78, 5) is 0. The molecule has 106 valence electrons. The molecule has 1 heterocycles. The summed E-state index contributed by atoms with van der Waals surface area (Å²) in [6, 6.07) is 4.59.